The average Bonchev–Trinajstić information content (AvgIpc) is 2.95. The molecule has 1 N–H and O–H groups in total. The van der Waals surface area contributed by atoms with Crippen LogP contribution in [0.1, 0.15) is 44.3 Å². The molecule has 1 atom stereocenters. The van der Waals surface area contributed by atoms with Crippen molar-refractivity contribution in [3.63, 3.8) is 0 Å². The van der Waals surface area contributed by atoms with Gasteiger partial charge in [0.05, 0.1) is 17.9 Å². The molecule has 0 spiro atoms. The summed E-state index contributed by atoms with van der Waals surface area (Å²) < 4.78 is 2.03. The molecule has 4 heteroatoms. The monoisotopic (exact) mass is 208 g/mol. The van der Waals surface area contributed by atoms with Gasteiger partial charge in [0.15, 0.2) is 0 Å². The fraction of sp³-hybridized carbons (Fsp3) is 0.818. The van der Waals surface area contributed by atoms with Crippen LogP contribution in [0.15, 0.2) is 6.20 Å². The molecule has 0 bridgehead atoms. The first kappa shape index (κ1) is 10.6. The van der Waals surface area contributed by atoms with Crippen LogP contribution in [0.4, 0.5) is 0 Å². The highest BCUT2D eigenvalue weighted by atomic mass is 15.4. The lowest BCUT2D eigenvalue weighted by atomic mass is 10.1. The maximum atomic E-state index is 4.13. The van der Waals surface area contributed by atoms with Gasteiger partial charge in [0.25, 0.3) is 0 Å². The molecule has 1 heterocycles. The van der Waals surface area contributed by atoms with Crippen LogP contribution in [-0.4, -0.2) is 22.0 Å². The number of aromatic nitrogens is 3. The van der Waals surface area contributed by atoms with Crippen molar-refractivity contribution in [2.24, 2.45) is 5.92 Å². The highest BCUT2D eigenvalue weighted by Gasteiger charge is 2.27. The fourth-order valence-electron chi connectivity index (χ4n) is 1.99. The molecule has 0 saturated heterocycles. The first-order valence-corrected chi connectivity index (χ1v) is 5.90. The topological polar surface area (TPSA) is 42.7 Å². The first-order valence-electron chi connectivity index (χ1n) is 5.90. The molecule has 0 amide bonds. The van der Waals surface area contributed by atoms with E-state index < -0.39 is 0 Å². The fourth-order valence-corrected chi connectivity index (χ4v) is 1.99. The van der Waals surface area contributed by atoms with Gasteiger partial charge in [0, 0.05) is 6.54 Å². The highest BCUT2D eigenvalue weighted by molar-refractivity contribution is 5.03. The standard InChI is InChI=1S/C11H20N4/c1-3-6-15-11(8-13-14-15)10(12-2)7-9-4-5-9/h8-10,12H,3-7H2,1-2H3. The predicted octanol–water partition coefficient (Wildman–Crippen LogP) is 1.75. The lowest BCUT2D eigenvalue weighted by Crippen LogP contribution is -2.21. The van der Waals surface area contributed by atoms with E-state index >= 15 is 0 Å². The van der Waals surface area contributed by atoms with E-state index in [2.05, 4.69) is 22.6 Å². The Morgan fingerprint density at radius 2 is 2.40 bits per heavy atom. The van der Waals surface area contributed by atoms with Gasteiger partial charge < -0.3 is 5.32 Å². The molecule has 1 aromatic rings. The number of aryl methyl sites for hydroxylation is 1. The Bertz CT molecular complexity index is 303. The Hall–Kier alpha value is -0.900. The van der Waals surface area contributed by atoms with Crippen molar-refractivity contribution in [3.8, 4) is 0 Å². The van der Waals surface area contributed by atoms with E-state index in [0.29, 0.717) is 6.04 Å². The molecule has 1 saturated carbocycles. The second-order valence-electron chi connectivity index (χ2n) is 4.40. The summed E-state index contributed by atoms with van der Waals surface area (Å²) in [6.45, 7) is 3.14. The number of rotatable bonds is 6. The van der Waals surface area contributed by atoms with Crippen molar-refractivity contribution in [1.82, 2.24) is 20.3 Å². The Balaban J connectivity index is 2.05. The molecule has 2 rings (SSSR count). The normalized spacial score (nSPS) is 18.0. The van der Waals surface area contributed by atoms with Gasteiger partial charge in [0.1, 0.15) is 0 Å². The van der Waals surface area contributed by atoms with E-state index in [0.717, 1.165) is 18.9 Å². The van der Waals surface area contributed by atoms with Crippen molar-refractivity contribution in [3.05, 3.63) is 11.9 Å². The molecule has 1 aromatic heterocycles. The van der Waals surface area contributed by atoms with Crippen molar-refractivity contribution in [2.75, 3.05) is 7.05 Å². The molecule has 84 valence electrons. The molecular weight excluding hydrogens is 188 g/mol. The van der Waals surface area contributed by atoms with Gasteiger partial charge in [-0.25, -0.2) is 4.68 Å². The minimum absolute atomic E-state index is 0.430. The van der Waals surface area contributed by atoms with Crippen LogP contribution in [0.3, 0.4) is 0 Å². The second-order valence-corrected chi connectivity index (χ2v) is 4.40. The van der Waals surface area contributed by atoms with Crippen molar-refractivity contribution in [1.29, 1.82) is 0 Å². The summed E-state index contributed by atoms with van der Waals surface area (Å²) in [5.74, 6) is 0.924. The Morgan fingerprint density at radius 1 is 1.60 bits per heavy atom. The Morgan fingerprint density at radius 3 is 3.00 bits per heavy atom. The summed E-state index contributed by atoms with van der Waals surface area (Å²) in [6.07, 6.45) is 7.03. The summed E-state index contributed by atoms with van der Waals surface area (Å²) in [5.41, 5.74) is 1.24. The van der Waals surface area contributed by atoms with Crippen LogP contribution < -0.4 is 5.32 Å². The molecule has 15 heavy (non-hydrogen) atoms. The second kappa shape index (κ2) is 4.75. The maximum absolute atomic E-state index is 4.13. The van der Waals surface area contributed by atoms with Crippen LogP contribution in [0.2, 0.25) is 0 Å². The van der Waals surface area contributed by atoms with Crippen LogP contribution >= 0.6 is 0 Å². The van der Waals surface area contributed by atoms with Crippen molar-refractivity contribution >= 4 is 0 Å². The maximum Gasteiger partial charge on any atom is 0.0756 e. The molecule has 0 radical (unpaired) electrons. The van der Waals surface area contributed by atoms with Gasteiger partial charge in [-0.15, -0.1) is 5.10 Å². The van der Waals surface area contributed by atoms with Crippen molar-refractivity contribution < 1.29 is 0 Å². The Labute approximate surface area is 91.1 Å². The van der Waals surface area contributed by atoms with Crippen LogP contribution in [0, 0.1) is 5.92 Å². The predicted molar refractivity (Wildman–Crippen MR) is 59.5 cm³/mol. The van der Waals surface area contributed by atoms with E-state index in [9.17, 15) is 0 Å². The molecule has 1 fully saturated rings. The third-order valence-corrected chi connectivity index (χ3v) is 3.05. The molecule has 1 unspecified atom stereocenters. The summed E-state index contributed by atoms with van der Waals surface area (Å²) in [6, 6.07) is 0.430. The summed E-state index contributed by atoms with van der Waals surface area (Å²) >= 11 is 0. The minimum atomic E-state index is 0.430. The zero-order valence-corrected chi connectivity index (χ0v) is 9.61. The third-order valence-electron chi connectivity index (χ3n) is 3.05. The lowest BCUT2D eigenvalue weighted by molar-refractivity contribution is 0.455. The van der Waals surface area contributed by atoms with E-state index in [1.165, 1.54) is 25.0 Å². The number of hydrogen-bond acceptors (Lipinski definition) is 3. The van der Waals surface area contributed by atoms with E-state index in [1.807, 2.05) is 17.9 Å². The minimum Gasteiger partial charge on any atom is -0.312 e. The van der Waals surface area contributed by atoms with Gasteiger partial charge in [-0.1, -0.05) is 25.0 Å². The van der Waals surface area contributed by atoms with E-state index in [1.54, 1.807) is 0 Å². The van der Waals surface area contributed by atoms with Gasteiger partial charge in [0.2, 0.25) is 0 Å². The summed E-state index contributed by atoms with van der Waals surface area (Å²) in [5, 5.41) is 11.5. The van der Waals surface area contributed by atoms with E-state index in [4.69, 9.17) is 0 Å². The Kier molecular flexibility index (Phi) is 3.36. The van der Waals surface area contributed by atoms with Gasteiger partial charge >= 0.3 is 0 Å². The molecular formula is C11H20N4. The molecule has 0 aromatic carbocycles. The third kappa shape index (κ3) is 2.56. The van der Waals surface area contributed by atoms with E-state index in [-0.39, 0.29) is 0 Å². The van der Waals surface area contributed by atoms with Gasteiger partial charge in [-0.05, 0) is 25.8 Å². The van der Waals surface area contributed by atoms with Crippen molar-refractivity contribution in [2.45, 2.75) is 45.2 Å². The molecule has 4 nitrogen and oxygen atoms in total. The van der Waals surface area contributed by atoms with Crippen LogP contribution in [0.5, 0.6) is 0 Å². The number of nitrogens with one attached hydrogen (secondary N) is 1. The van der Waals surface area contributed by atoms with Gasteiger partial charge in [-0.2, -0.15) is 0 Å². The lowest BCUT2D eigenvalue weighted by Gasteiger charge is -2.16. The molecule has 0 aliphatic heterocycles. The van der Waals surface area contributed by atoms with Crippen LogP contribution in [-0.2, 0) is 6.54 Å². The van der Waals surface area contributed by atoms with Gasteiger partial charge in [-0.3, -0.25) is 0 Å². The first-order chi connectivity index (χ1) is 7.35. The molecule has 1 aliphatic rings. The smallest absolute Gasteiger partial charge is 0.0756 e. The molecule has 1 aliphatic carbocycles. The SMILES string of the molecule is CCCn1nncc1C(CC1CC1)NC. The zero-order chi connectivity index (χ0) is 10.7. The quantitative estimate of drug-likeness (QED) is 0.774. The zero-order valence-electron chi connectivity index (χ0n) is 9.61. The number of nitrogens with zero attached hydrogens (tertiary/aromatic N) is 3. The average molecular weight is 208 g/mol. The van der Waals surface area contributed by atoms with Crippen LogP contribution in [0.25, 0.3) is 0 Å². The number of hydrogen-bond donors (Lipinski definition) is 1. The summed E-state index contributed by atoms with van der Waals surface area (Å²) in [7, 11) is 2.02. The largest absolute Gasteiger partial charge is 0.312 e. The highest BCUT2D eigenvalue weighted by Crippen LogP contribution is 2.37. The summed E-state index contributed by atoms with van der Waals surface area (Å²) in [4.78, 5) is 0.